The van der Waals surface area contributed by atoms with Crippen LogP contribution >= 0.6 is 0 Å². The second-order valence-corrected chi connectivity index (χ2v) is 6.10. The maximum absolute atomic E-state index is 13.5. The normalized spacial score (nSPS) is 17.7. The molecular formula is C18H21FN2O2. The molecule has 2 heterocycles. The minimum absolute atomic E-state index is 0.0112. The second-order valence-electron chi connectivity index (χ2n) is 6.10. The van der Waals surface area contributed by atoms with Crippen molar-refractivity contribution >= 4 is 5.91 Å². The number of halogens is 1. The fraction of sp³-hybridized carbons (Fsp3) is 0.444. The van der Waals surface area contributed by atoms with Crippen LogP contribution in [0.1, 0.15) is 47.9 Å². The summed E-state index contributed by atoms with van der Waals surface area (Å²) < 4.78 is 18.6. The first-order valence-corrected chi connectivity index (χ1v) is 8.03. The summed E-state index contributed by atoms with van der Waals surface area (Å²) in [6, 6.07) is 6.55. The van der Waals surface area contributed by atoms with Crippen molar-refractivity contribution in [3.63, 3.8) is 0 Å². The van der Waals surface area contributed by atoms with E-state index >= 15 is 0 Å². The predicted molar refractivity (Wildman–Crippen MR) is 84.4 cm³/mol. The van der Waals surface area contributed by atoms with E-state index in [2.05, 4.69) is 5.16 Å². The van der Waals surface area contributed by atoms with Crippen LogP contribution in [0.2, 0.25) is 0 Å². The molecule has 0 spiro atoms. The van der Waals surface area contributed by atoms with Gasteiger partial charge in [0.15, 0.2) is 0 Å². The van der Waals surface area contributed by atoms with Gasteiger partial charge >= 0.3 is 0 Å². The quantitative estimate of drug-likeness (QED) is 0.863. The minimum atomic E-state index is -0.252. The van der Waals surface area contributed by atoms with Crippen molar-refractivity contribution in [1.29, 1.82) is 0 Å². The van der Waals surface area contributed by atoms with Gasteiger partial charge in [0.25, 0.3) is 0 Å². The summed E-state index contributed by atoms with van der Waals surface area (Å²) in [5.74, 6) is 0.632. The minimum Gasteiger partial charge on any atom is -0.361 e. The number of rotatable bonds is 4. The highest BCUT2D eigenvalue weighted by Crippen LogP contribution is 2.33. The summed E-state index contributed by atoms with van der Waals surface area (Å²) in [4.78, 5) is 14.5. The third-order valence-electron chi connectivity index (χ3n) is 4.58. The smallest absolute Gasteiger partial charge is 0.223 e. The van der Waals surface area contributed by atoms with Crippen LogP contribution in [-0.2, 0) is 11.2 Å². The van der Waals surface area contributed by atoms with Gasteiger partial charge in [-0.15, -0.1) is 0 Å². The summed E-state index contributed by atoms with van der Waals surface area (Å²) in [6.07, 6.45) is 2.90. The van der Waals surface area contributed by atoms with Gasteiger partial charge in [-0.25, -0.2) is 4.39 Å². The first-order valence-electron chi connectivity index (χ1n) is 8.03. The van der Waals surface area contributed by atoms with Crippen molar-refractivity contribution in [3.05, 3.63) is 52.7 Å². The summed E-state index contributed by atoms with van der Waals surface area (Å²) in [7, 11) is 0. The Labute approximate surface area is 135 Å². The number of amides is 1. The third kappa shape index (κ3) is 3.28. The van der Waals surface area contributed by atoms with Crippen LogP contribution in [0, 0.1) is 19.7 Å². The standard InChI is InChI=1S/C18H21FN2O2/c1-12-16(13(2)23-20-12)8-9-18(22)21-10-4-7-17(21)14-5-3-6-15(19)11-14/h3,5-6,11,17H,4,7-10H2,1-2H3/t17-/m0/s1. The van der Waals surface area contributed by atoms with E-state index in [9.17, 15) is 9.18 Å². The molecule has 3 rings (SSSR count). The molecule has 0 N–H and O–H groups in total. The van der Waals surface area contributed by atoms with Gasteiger partial charge in [-0.3, -0.25) is 4.79 Å². The Kier molecular flexibility index (Phi) is 4.46. The van der Waals surface area contributed by atoms with Crippen LogP contribution in [-0.4, -0.2) is 22.5 Å². The number of aromatic nitrogens is 1. The lowest BCUT2D eigenvalue weighted by molar-refractivity contribution is -0.132. The first kappa shape index (κ1) is 15.7. The Balaban J connectivity index is 1.69. The number of carbonyl (C=O) groups excluding carboxylic acids is 1. The summed E-state index contributed by atoms with van der Waals surface area (Å²) >= 11 is 0. The molecular weight excluding hydrogens is 295 g/mol. The van der Waals surface area contributed by atoms with Crippen molar-refractivity contribution in [2.24, 2.45) is 0 Å². The van der Waals surface area contributed by atoms with Crippen molar-refractivity contribution in [3.8, 4) is 0 Å². The fourth-order valence-electron chi connectivity index (χ4n) is 3.36. The van der Waals surface area contributed by atoms with Crippen LogP contribution in [0.15, 0.2) is 28.8 Å². The van der Waals surface area contributed by atoms with Crippen LogP contribution in [0.3, 0.4) is 0 Å². The van der Waals surface area contributed by atoms with Crippen molar-refractivity contribution < 1.29 is 13.7 Å². The lowest BCUT2D eigenvalue weighted by atomic mass is 10.0. The Morgan fingerprint density at radius 3 is 2.96 bits per heavy atom. The van der Waals surface area contributed by atoms with Crippen LogP contribution < -0.4 is 0 Å². The highest BCUT2D eigenvalue weighted by Gasteiger charge is 2.30. The Morgan fingerprint density at radius 2 is 2.26 bits per heavy atom. The number of aryl methyl sites for hydroxylation is 2. The molecule has 4 nitrogen and oxygen atoms in total. The lowest BCUT2D eigenvalue weighted by Crippen LogP contribution is -2.30. The van der Waals surface area contributed by atoms with E-state index in [0.717, 1.165) is 42.0 Å². The molecule has 122 valence electrons. The molecule has 0 unspecified atom stereocenters. The zero-order valence-electron chi connectivity index (χ0n) is 13.5. The van der Waals surface area contributed by atoms with Crippen LogP contribution in [0.25, 0.3) is 0 Å². The zero-order valence-corrected chi connectivity index (χ0v) is 13.5. The maximum Gasteiger partial charge on any atom is 0.223 e. The molecule has 5 heteroatoms. The average molecular weight is 316 g/mol. The van der Waals surface area contributed by atoms with Gasteiger partial charge in [0.2, 0.25) is 5.91 Å². The van der Waals surface area contributed by atoms with Crippen molar-refractivity contribution in [2.45, 2.75) is 45.6 Å². The SMILES string of the molecule is Cc1noc(C)c1CCC(=O)N1CCC[C@H]1c1cccc(F)c1. The second kappa shape index (κ2) is 6.52. The lowest BCUT2D eigenvalue weighted by Gasteiger charge is -2.25. The predicted octanol–water partition coefficient (Wildman–Crippen LogP) is 3.73. The molecule has 1 aromatic carbocycles. The molecule has 23 heavy (non-hydrogen) atoms. The zero-order chi connectivity index (χ0) is 16.4. The van der Waals surface area contributed by atoms with Crippen molar-refractivity contribution in [2.75, 3.05) is 6.54 Å². The van der Waals surface area contributed by atoms with E-state index in [4.69, 9.17) is 4.52 Å². The summed E-state index contributed by atoms with van der Waals surface area (Å²) in [5, 5.41) is 3.92. The largest absolute Gasteiger partial charge is 0.361 e. The molecule has 1 atom stereocenters. The molecule has 1 aromatic heterocycles. The number of nitrogens with zero attached hydrogens (tertiary/aromatic N) is 2. The Bertz CT molecular complexity index is 691. The van der Waals surface area contributed by atoms with Gasteiger partial charge in [0.05, 0.1) is 11.7 Å². The van der Waals surface area contributed by atoms with E-state index < -0.39 is 0 Å². The summed E-state index contributed by atoms with van der Waals surface area (Å²) in [5.41, 5.74) is 2.74. The summed E-state index contributed by atoms with van der Waals surface area (Å²) in [6.45, 7) is 4.49. The van der Waals surface area contributed by atoms with Gasteiger partial charge in [-0.1, -0.05) is 17.3 Å². The highest BCUT2D eigenvalue weighted by atomic mass is 19.1. The molecule has 1 amide bonds. The average Bonchev–Trinajstić information content (AvgIpc) is 3.13. The van der Waals surface area contributed by atoms with E-state index in [1.165, 1.54) is 12.1 Å². The number of carbonyl (C=O) groups is 1. The molecule has 1 saturated heterocycles. The molecule has 0 aliphatic carbocycles. The van der Waals surface area contributed by atoms with E-state index in [1.54, 1.807) is 6.07 Å². The Hall–Kier alpha value is -2.17. The van der Waals surface area contributed by atoms with Gasteiger partial charge < -0.3 is 9.42 Å². The fourth-order valence-corrected chi connectivity index (χ4v) is 3.36. The molecule has 2 aromatic rings. The number of benzene rings is 1. The molecule has 1 aliphatic rings. The number of hydrogen-bond donors (Lipinski definition) is 0. The Morgan fingerprint density at radius 1 is 1.43 bits per heavy atom. The molecule has 1 aliphatic heterocycles. The third-order valence-corrected chi connectivity index (χ3v) is 4.58. The van der Waals surface area contributed by atoms with E-state index in [0.29, 0.717) is 12.8 Å². The van der Waals surface area contributed by atoms with Gasteiger partial charge in [0, 0.05) is 18.5 Å². The number of likely N-dealkylation sites (tertiary alicyclic amines) is 1. The highest BCUT2D eigenvalue weighted by molar-refractivity contribution is 5.77. The molecule has 0 radical (unpaired) electrons. The first-order chi connectivity index (χ1) is 11.1. The van der Waals surface area contributed by atoms with Gasteiger partial charge in [0.1, 0.15) is 11.6 Å². The van der Waals surface area contributed by atoms with E-state index in [1.807, 2.05) is 24.8 Å². The molecule has 1 fully saturated rings. The topological polar surface area (TPSA) is 46.3 Å². The maximum atomic E-state index is 13.5. The molecule has 0 saturated carbocycles. The molecule has 0 bridgehead atoms. The number of hydrogen-bond acceptors (Lipinski definition) is 3. The van der Waals surface area contributed by atoms with Gasteiger partial charge in [-0.05, 0) is 50.8 Å². The van der Waals surface area contributed by atoms with Crippen LogP contribution in [0.5, 0.6) is 0 Å². The van der Waals surface area contributed by atoms with Gasteiger partial charge in [-0.2, -0.15) is 0 Å². The van der Waals surface area contributed by atoms with Crippen molar-refractivity contribution in [1.82, 2.24) is 10.1 Å². The monoisotopic (exact) mass is 316 g/mol. The van der Waals surface area contributed by atoms with E-state index in [-0.39, 0.29) is 17.8 Å². The van der Waals surface area contributed by atoms with Crippen LogP contribution in [0.4, 0.5) is 4.39 Å².